The van der Waals surface area contributed by atoms with E-state index in [1.807, 2.05) is 0 Å². The largest absolute Gasteiger partial charge is 0.339 e. The van der Waals surface area contributed by atoms with Crippen LogP contribution in [0.2, 0.25) is 0 Å². The second-order valence-corrected chi connectivity index (χ2v) is 7.88. The van der Waals surface area contributed by atoms with E-state index in [1.54, 1.807) is 0 Å². The molecule has 1 aromatic heterocycles. The monoisotopic (exact) mass is 387 g/mol. The van der Waals surface area contributed by atoms with Crippen LogP contribution in [0.4, 0.5) is 0 Å². The molecule has 1 fully saturated rings. The molecule has 29 heavy (non-hydrogen) atoms. The maximum atomic E-state index is 6.15. The van der Waals surface area contributed by atoms with Crippen LogP contribution in [0.3, 0.4) is 0 Å². The molecule has 0 saturated carbocycles. The van der Waals surface area contributed by atoms with Crippen molar-refractivity contribution in [3.63, 3.8) is 0 Å². The van der Waals surface area contributed by atoms with Crippen LogP contribution < -0.4 is 4.57 Å². The number of nitrogens with zero attached hydrogens (tertiary/aromatic N) is 4. The molecular formula is C24H27N4O+3. The summed E-state index contributed by atoms with van der Waals surface area (Å²) < 4.78 is 13.6. The lowest BCUT2D eigenvalue weighted by Crippen LogP contribution is -2.31. The quantitative estimate of drug-likeness (QED) is 0.331. The molecule has 0 bridgehead atoms. The molecule has 2 aliphatic rings. The SMILES string of the molecule is C1=C[N+]2(C=[N+]1Cc1ccccc1)CC2OCCn1cc[n+](Cc2ccccc2)c1. The first-order chi connectivity index (χ1) is 14.3. The number of hydrogen-bond donors (Lipinski definition) is 0. The summed E-state index contributed by atoms with van der Waals surface area (Å²) in [7, 11) is 0. The molecule has 5 rings (SSSR count). The van der Waals surface area contributed by atoms with Gasteiger partial charge in [0.15, 0.2) is 19.3 Å². The summed E-state index contributed by atoms with van der Waals surface area (Å²) in [6, 6.07) is 21.1. The molecule has 5 heteroatoms. The smallest absolute Gasteiger partial charge is 0.320 e. The van der Waals surface area contributed by atoms with Gasteiger partial charge in [0.05, 0.1) is 6.61 Å². The summed E-state index contributed by atoms with van der Waals surface area (Å²) in [5.74, 6) is 0. The Kier molecular flexibility index (Phi) is 4.84. The Morgan fingerprint density at radius 1 is 0.966 bits per heavy atom. The Labute approximate surface area is 171 Å². The Bertz CT molecular complexity index is 1030. The minimum atomic E-state index is 0.249. The Balaban J connectivity index is 1.09. The second-order valence-electron chi connectivity index (χ2n) is 7.88. The first kappa shape index (κ1) is 18.0. The van der Waals surface area contributed by atoms with Gasteiger partial charge in [-0.25, -0.2) is 9.13 Å². The van der Waals surface area contributed by atoms with Gasteiger partial charge in [0.2, 0.25) is 12.5 Å². The van der Waals surface area contributed by atoms with Crippen molar-refractivity contribution in [2.75, 3.05) is 13.2 Å². The highest BCUT2D eigenvalue weighted by Crippen LogP contribution is 2.33. The highest BCUT2D eigenvalue weighted by Gasteiger charge is 2.60. The number of ether oxygens (including phenoxy) is 1. The van der Waals surface area contributed by atoms with Crippen LogP contribution in [0.1, 0.15) is 11.1 Å². The van der Waals surface area contributed by atoms with E-state index in [0.29, 0.717) is 0 Å². The number of imidazole rings is 1. The second kappa shape index (κ2) is 7.78. The average molecular weight is 388 g/mol. The number of aromatic nitrogens is 2. The van der Waals surface area contributed by atoms with Crippen molar-refractivity contribution in [3.8, 4) is 0 Å². The van der Waals surface area contributed by atoms with Crippen LogP contribution in [0.15, 0.2) is 91.8 Å². The van der Waals surface area contributed by atoms with Crippen LogP contribution in [0.5, 0.6) is 0 Å². The van der Waals surface area contributed by atoms with Gasteiger partial charge in [0.25, 0.3) is 6.23 Å². The van der Waals surface area contributed by atoms with E-state index >= 15 is 0 Å². The molecule has 2 unspecified atom stereocenters. The highest BCUT2D eigenvalue weighted by atomic mass is 16.5. The maximum absolute atomic E-state index is 6.15. The standard InChI is InChI=1S/C24H27N4O/c1-3-7-22(8-4-1)17-26-12-11-25(20-26)14-16-29-24-19-28(24)15-13-27(21-28)18-23-9-5-2-6-10-23/h1-13,15,20-21,24H,14,16-19H2/q+3. The third-order valence-electron chi connectivity index (χ3n) is 5.60. The van der Waals surface area contributed by atoms with Gasteiger partial charge in [-0.1, -0.05) is 60.7 Å². The minimum Gasteiger partial charge on any atom is -0.320 e. The lowest BCUT2D eigenvalue weighted by Gasteiger charge is -2.02. The van der Waals surface area contributed by atoms with Gasteiger partial charge in [-0.05, 0) is 5.56 Å². The van der Waals surface area contributed by atoms with Crippen molar-refractivity contribution in [2.24, 2.45) is 0 Å². The van der Waals surface area contributed by atoms with E-state index in [4.69, 9.17) is 4.74 Å². The first-order valence-corrected chi connectivity index (χ1v) is 10.2. The van der Waals surface area contributed by atoms with Crippen LogP contribution in [-0.2, 0) is 24.4 Å². The Morgan fingerprint density at radius 2 is 1.69 bits per heavy atom. The van der Waals surface area contributed by atoms with Crippen LogP contribution in [0, 0.1) is 0 Å². The van der Waals surface area contributed by atoms with Crippen molar-refractivity contribution in [2.45, 2.75) is 25.9 Å². The molecule has 3 heterocycles. The molecule has 3 aromatic rings. The van der Waals surface area contributed by atoms with Crippen molar-refractivity contribution in [3.05, 3.63) is 103 Å². The zero-order valence-electron chi connectivity index (χ0n) is 16.5. The van der Waals surface area contributed by atoms with Crippen LogP contribution in [0.25, 0.3) is 0 Å². The summed E-state index contributed by atoms with van der Waals surface area (Å²) in [6.07, 6.45) is 13.3. The predicted molar refractivity (Wildman–Crippen MR) is 111 cm³/mol. The van der Waals surface area contributed by atoms with E-state index in [9.17, 15) is 0 Å². The minimum absolute atomic E-state index is 0.249. The van der Waals surface area contributed by atoms with E-state index in [2.05, 4.69) is 112 Å². The molecule has 5 nitrogen and oxygen atoms in total. The van der Waals surface area contributed by atoms with Gasteiger partial charge in [-0.15, -0.1) is 4.58 Å². The van der Waals surface area contributed by atoms with Crippen molar-refractivity contribution in [1.82, 2.24) is 4.57 Å². The summed E-state index contributed by atoms with van der Waals surface area (Å²) in [5, 5.41) is 0. The summed E-state index contributed by atoms with van der Waals surface area (Å²) in [5.41, 5.74) is 2.64. The third-order valence-corrected chi connectivity index (χ3v) is 5.60. The maximum Gasteiger partial charge on any atom is 0.339 e. The zero-order chi connectivity index (χ0) is 19.5. The zero-order valence-corrected chi connectivity index (χ0v) is 16.5. The molecule has 0 amide bonds. The highest BCUT2D eigenvalue weighted by molar-refractivity contribution is 5.46. The summed E-state index contributed by atoms with van der Waals surface area (Å²) in [6.45, 7) is 4.44. The topological polar surface area (TPSA) is 21.1 Å². The molecule has 1 saturated heterocycles. The van der Waals surface area contributed by atoms with E-state index < -0.39 is 0 Å². The fraction of sp³-hybridized carbons (Fsp3) is 0.250. The summed E-state index contributed by atoms with van der Waals surface area (Å²) >= 11 is 0. The molecular weight excluding hydrogens is 360 g/mol. The fourth-order valence-corrected chi connectivity index (χ4v) is 3.90. The predicted octanol–water partition coefficient (Wildman–Crippen LogP) is 2.72. The first-order valence-electron chi connectivity index (χ1n) is 10.2. The van der Waals surface area contributed by atoms with Gasteiger partial charge >= 0.3 is 6.34 Å². The molecule has 1 spiro atoms. The number of hydrogen-bond acceptors (Lipinski definition) is 1. The molecule has 2 aromatic carbocycles. The van der Waals surface area contributed by atoms with Crippen molar-refractivity contribution >= 4 is 6.34 Å². The van der Waals surface area contributed by atoms with Crippen LogP contribution >= 0.6 is 0 Å². The molecule has 0 aliphatic carbocycles. The third kappa shape index (κ3) is 4.21. The Morgan fingerprint density at radius 3 is 2.45 bits per heavy atom. The van der Waals surface area contributed by atoms with E-state index in [-0.39, 0.29) is 6.23 Å². The molecule has 0 radical (unpaired) electrons. The van der Waals surface area contributed by atoms with Gasteiger partial charge in [-0.3, -0.25) is 0 Å². The number of quaternary nitrogens is 1. The van der Waals surface area contributed by atoms with E-state index in [1.165, 1.54) is 11.1 Å². The Hall–Kier alpha value is -3.02. The molecule has 2 atom stereocenters. The molecule has 0 N–H and O–H groups in total. The van der Waals surface area contributed by atoms with Crippen molar-refractivity contribution in [1.29, 1.82) is 0 Å². The van der Waals surface area contributed by atoms with Gasteiger partial charge in [-0.2, -0.15) is 4.48 Å². The van der Waals surface area contributed by atoms with Gasteiger partial charge in [0, 0.05) is 5.56 Å². The number of benzene rings is 2. The van der Waals surface area contributed by atoms with Gasteiger partial charge in [0.1, 0.15) is 25.5 Å². The lowest BCUT2D eigenvalue weighted by molar-refractivity contribution is -0.688. The average Bonchev–Trinajstić information content (AvgIpc) is 3.03. The number of rotatable bonds is 8. The van der Waals surface area contributed by atoms with Crippen LogP contribution in [-0.4, -0.2) is 39.3 Å². The van der Waals surface area contributed by atoms with Gasteiger partial charge < -0.3 is 4.74 Å². The fourth-order valence-electron chi connectivity index (χ4n) is 3.90. The lowest BCUT2D eigenvalue weighted by atomic mass is 10.2. The normalized spacial score (nSPS) is 22.2. The van der Waals surface area contributed by atoms with Crippen molar-refractivity contribution < 1.29 is 18.4 Å². The molecule has 2 aliphatic heterocycles. The molecule has 146 valence electrons. The summed E-state index contributed by atoms with van der Waals surface area (Å²) in [4.78, 5) is 0. The van der Waals surface area contributed by atoms with E-state index in [0.717, 1.165) is 37.3 Å².